The molecule has 126 valence electrons. The summed E-state index contributed by atoms with van der Waals surface area (Å²) in [4.78, 5) is 16.3. The second-order valence-electron chi connectivity index (χ2n) is 6.02. The quantitative estimate of drug-likeness (QED) is 0.578. The number of methoxy groups -OCH3 is 1. The van der Waals surface area contributed by atoms with Crippen molar-refractivity contribution < 1.29 is 4.74 Å². The highest BCUT2D eigenvalue weighted by Crippen LogP contribution is 2.31. The van der Waals surface area contributed by atoms with Crippen molar-refractivity contribution in [1.82, 2.24) is 19.9 Å². The molecular formula is C20H20N4O. The Balaban J connectivity index is 1.86. The van der Waals surface area contributed by atoms with E-state index in [1.165, 1.54) is 0 Å². The number of hydrogen-bond acceptors (Lipinski definition) is 3. The molecule has 5 nitrogen and oxygen atoms in total. The summed E-state index contributed by atoms with van der Waals surface area (Å²) >= 11 is 0. The van der Waals surface area contributed by atoms with Gasteiger partial charge in [0.15, 0.2) is 0 Å². The Hall–Kier alpha value is -3.08. The molecule has 0 bridgehead atoms. The van der Waals surface area contributed by atoms with Crippen LogP contribution in [0.1, 0.15) is 18.3 Å². The van der Waals surface area contributed by atoms with Gasteiger partial charge in [-0.3, -0.25) is 0 Å². The lowest BCUT2D eigenvalue weighted by Crippen LogP contribution is -1.89. The van der Waals surface area contributed by atoms with E-state index in [1.54, 1.807) is 7.11 Å². The minimum atomic E-state index is 0.810. The van der Waals surface area contributed by atoms with Crippen LogP contribution in [0, 0.1) is 6.92 Å². The average Bonchev–Trinajstić information content (AvgIpc) is 3.24. The number of aromatic amines is 2. The SMILES string of the molecule is CCc1nc(-c2ccccc2-c2nc3ccc(OC)cc3[nH]2)[nH]c1C. The molecule has 2 aromatic carbocycles. The Labute approximate surface area is 146 Å². The predicted octanol–water partition coefficient (Wildman–Crippen LogP) is 4.50. The van der Waals surface area contributed by atoms with Crippen LogP contribution in [0.4, 0.5) is 0 Å². The minimum absolute atomic E-state index is 0.810. The summed E-state index contributed by atoms with van der Waals surface area (Å²) in [6.07, 6.45) is 0.912. The van der Waals surface area contributed by atoms with Gasteiger partial charge >= 0.3 is 0 Å². The van der Waals surface area contributed by atoms with Gasteiger partial charge in [-0.2, -0.15) is 0 Å². The largest absolute Gasteiger partial charge is 0.497 e. The molecule has 5 heteroatoms. The van der Waals surface area contributed by atoms with Crippen LogP contribution in [-0.2, 0) is 6.42 Å². The second-order valence-corrected chi connectivity index (χ2v) is 6.02. The van der Waals surface area contributed by atoms with E-state index < -0.39 is 0 Å². The van der Waals surface area contributed by atoms with E-state index in [2.05, 4.69) is 35.9 Å². The van der Waals surface area contributed by atoms with E-state index in [0.717, 1.165) is 57.4 Å². The number of H-pyrrole nitrogens is 2. The normalized spacial score (nSPS) is 11.2. The van der Waals surface area contributed by atoms with Crippen molar-refractivity contribution in [3.8, 4) is 28.5 Å². The van der Waals surface area contributed by atoms with E-state index in [9.17, 15) is 0 Å². The van der Waals surface area contributed by atoms with Crippen LogP contribution in [0.3, 0.4) is 0 Å². The maximum Gasteiger partial charge on any atom is 0.139 e. The van der Waals surface area contributed by atoms with Crippen molar-refractivity contribution in [3.63, 3.8) is 0 Å². The molecule has 2 aromatic heterocycles. The molecule has 0 amide bonds. The maximum atomic E-state index is 5.30. The molecule has 4 aromatic rings. The third kappa shape index (κ3) is 2.67. The standard InChI is InChI=1S/C20H20N4O/c1-4-16-12(2)21-19(22-16)14-7-5-6-8-15(14)20-23-17-10-9-13(25-3)11-18(17)24-20/h5-11H,4H2,1-3H3,(H,21,22)(H,23,24). The zero-order valence-corrected chi connectivity index (χ0v) is 14.6. The number of benzene rings is 2. The number of nitrogens with zero attached hydrogens (tertiary/aromatic N) is 2. The maximum absolute atomic E-state index is 5.30. The molecule has 0 aliphatic rings. The van der Waals surface area contributed by atoms with Crippen molar-refractivity contribution in [3.05, 3.63) is 53.9 Å². The van der Waals surface area contributed by atoms with Gasteiger partial charge in [0.2, 0.25) is 0 Å². The first-order valence-electron chi connectivity index (χ1n) is 8.38. The lowest BCUT2D eigenvalue weighted by atomic mass is 10.1. The smallest absolute Gasteiger partial charge is 0.139 e. The van der Waals surface area contributed by atoms with Gasteiger partial charge in [-0.15, -0.1) is 0 Å². The van der Waals surface area contributed by atoms with Gasteiger partial charge in [0, 0.05) is 22.9 Å². The Bertz CT molecular complexity index is 1040. The highest BCUT2D eigenvalue weighted by Gasteiger charge is 2.15. The number of fused-ring (bicyclic) bond motifs is 1. The molecular weight excluding hydrogens is 312 g/mol. The van der Waals surface area contributed by atoms with Crippen LogP contribution in [0.15, 0.2) is 42.5 Å². The fourth-order valence-corrected chi connectivity index (χ4v) is 3.11. The van der Waals surface area contributed by atoms with Crippen molar-refractivity contribution >= 4 is 11.0 Å². The molecule has 0 saturated heterocycles. The Morgan fingerprint density at radius 1 is 0.960 bits per heavy atom. The summed E-state index contributed by atoms with van der Waals surface area (Å²) in [7, 11) is 1.66. The summed E-state index contributed by atoms with van der Waals surface area (Å²) in [6.45, 7) is 4.18. The van der Waals surface area contributed by atoms with E-state index >= 15 is 0 Å². The molecule has 0 atom stereocenters. The van der Waals surface area contributed by atoms with Crippen LogP contribution in [0.2, 0.25) is 0 Å². The Morgan fingerprint density at radius 2 is 1.68 bits per heavy atom. The molecule has 0 aliphatic carbocycles. The first-order chi connectivity index (χ1) is 12.2. The molecule has 2 N–H and O–H groups in total. The number of ether oxygens (including phenoxy) is 1. The molecule has 0 fully saturated rings. The average molecular weight is 332 g/mol. The van der Waals surface area contributed by atoms with Crippen LogP contribution in [0.5, 0.6) is 5.75 Å². The van der Waals surface area contributed by atoms with E-state index in [4.69, 9.17) is 14.7 Å². The number of aromatic nitrogens is 4. The summed E-state index contributed by atoms with van der Waals surface area (Å²) in [5, 5.41) is 0. The van der Waals surface area contributed by atoms with Crippen LogP contribution in [-0.4, -0.2) is 27.0 Å². The predicted molar refractivity (Wildman–Crippen MR) is 99.8 cm³/mol. The fraction of sp³-hybridized carbons (Fsp3) is 0.200. The minimum Gasteiger partial charge on any atom is -0.497 e. The Kier molecular flexibility index (Phi) is 3.76. The van der Waals surface area contributed by atoms with Crippen LogP contribution in [0.25, 0.3) is 33.8 Å². The number of rotatable bonds is 4. The van der Waals surface area contributed by atoms with Crippen molar-refractivity contribution in [1.29, 1.82) is 0 Å². The first-order valence-corrected chi connectivity index (χ1v) is 8.38. The lowest BCUT2D eigenvalue weighted by molar-refractivity contribution is 0.415. The zero-order valence-electron chi connectivity index (χ0n) is 14.6. The van der Waals surface area contributed by atoms with Gasteiger partial charge in [0.25, 0.3) is 0 Å². The third-order valence-electron chi connectivity index (χ3n) is 4.45. The highest BCUT2D eigenvalue weighted by molar-refractivity contribution is 5.85. The first kappa shape index (κ1) is 15.4. The summed E-state index contributed by atoms with van der Waals surface area (Å²) < 4.78 is 5.30. The van der Waals surface area contributed by atoms with Gasteiger partial charge in [0.05, 0.1) is 23.8 Å². The van der Waals surface area contributed by atoms with Gasteiger partial charge in [-0.05, 0) is 25.5 Å². The topological polar surface area (TPSA) is 66.6 Å². The third-order valence-corrected chi connectivity index (χ3v) is 4.45. The fourth-order valence-electron chi connectivity index (χ4n) is 3.11. The zero-order chi connectivity index (χ0) is 17.4. The van der Waals surface area contributed by atoms with Crippen LogP contribution < -0.4 is 4.74 Å². The number of aryl methyl sites for hydroxylation is 2. The van der Waals surface area contributed by atoms with Gasteiger partial charge in [-0.1, -0.05) is 31.2 Å². The van der Waals surface area contributed by atoms with Gasteiger partial charge in [-0.25, -0.2) is 9.97 Å². The molecule has 0 unspecified atom stereocenters. The number of nitrogens with one attached hydrogen (secondary N) is 2. The lowest BCUT2D eigenvalue weighted by Gasteiger charge is -2.04. The van der Waals surface area contributed by atoms with Gasteiger partial charge < -0.3 is 14.7 Å². The summed E-state index contributed by atoms with van der Waals surface area (Å²) in [5.74, 6) is 2.51. The summed E-state index contributed by atoms with van der Waals surface area (Å²) in [5.41, 5.74) is 6.13. The Morgan fingerprint density at radius 3 is 2.32 bits per heavy atom. The summed E-state index contributed by atoms with van der Waals surface area (Å²) in [6, 6.07) is 14.0. The molecule has 0 saturated carbocycles. The van der Waals surface area contributed by atoms with E-state index in [1.807, 2.05) is 30.3 Å². The number of hydrogen-bond donors (Lipinski definition) is 2. The molecule has 0 spiro atoms. The van der Waals surface area contributed by atoms with Gasteiger partial charge in [0.1, 0.15) is 17.4 Å². The van der Waals surface area contributed by atoms with E-state index in [-0.39, 0.29) is 0 Å². The highest BCUT2D eigenvalue weighted by atomic mass is 16.5. The van der Waals surface area contributed by atoms with Crippen molar-refractivity contribution in [2.24, 2.45) is 0 Å². The molecule has 0 radical (unpaired) electrons. The molecule has 2 heterocycles. The molecule has 25 heavy (non-hydrogen) atoms. The van der Waals surface area contributed by atoms with Crippen molar-refractivity contribution in [2.75, 3.05) is 7.11 Å². The molecule has 0 aliphatic heterocycles. The van der Waals surface area contributed by atoms with Crippen LogP contribution >= 0.6 is 0 Å². The van der Waals surface area contributed by atoms with E-state index in [0.29, 0.717) is 0 Å². The monoisotopic (exact) mass is 332 g/mol. The molecule has 4 rings (SSSR count). The van der Waals surface area contributed by atoms with Crippen molar-refractivity contribution in [2.45, 2.75) is 20.3 Å². The second kappa shape index (κ2) is 6.09. The number of imidazole rings is 2.